The van der Waals surface area contributed by atoms with Crippen molar-refractivity contribution >= 4 is 11.8 Å². The first-order valence-corrected chi connectivity index (χ1v) is 9.35. The molecule has 1 aliphatic rings. The Kier molecular flexibility index (Phi) is 5.91. The lowest BCUT2D eigenvalue weighted by Gasteiger charge is -2.31. The molecule has 29 heavy (non-hydrogen) atoms. The van der Waals surface area contributed by atoms with Gasteiger partial charge in [0, 0.05) is 22.2 Å². The molecule has 0 saturated heterocycles. The molecule has 1 N–H and O–H groups in total. The van der Waals surface area contributed by atoms with Crippen LogP contribution >= 0.6 is 0 Å². The van der Waals surface area contributed by atoms with Gasteiger partial charge in [-0.05, 0) is 45.9 Å². The highest BCUT2D eigenvalue weighted by Gasteiger charge is 2.31. The molecule has 0 fully saturated rings. The zero-order valence-corrected chi connectivity index (χ0v) is 17.4. The minimum atomic E-state index is -0.528. The van der Waals surface area contributed by atoms with E-state index in [-0.39, 0.29) is 6.79 Å². The van der Waals surface area contributed by atoms with Crippen LogP contribution in [0.15, 0.2) is 36.4 Å². The molecule has 0 bridgehead atoms. The number of para-hydroxylation sites is 1. The van der Waals surface area contributed by atoms with Crippen molar-refractivity contribution < 1.29 is 23.8 Å². The zero-order chi connectivity index (χ0) is 21.2. The van der Waals surface area contributed by atoms with Gasteiger partial charge in [-0.3, -0.25) is 9.59 Å². The fourth-order valence-corrected chi connectivity index (χ4v) is 3.14. The van der Waals surface area contributed by atoms with Crippen molar-refractivity contribution in [1.82, 2.24) is 10.4 Å². The van der Waals surface area contributed by atoms with Crippen LogP contribution in [0.3, 0.4) is 0 Å². The Labute approximate surface area is 170 Å². The van der Waals surface area contributed by atoms with E-state index in [9.17, 15) is 9.59 Å². The molecule has 0 saturated carbocycles. The molecule has 3 rings (SSSR count). The van der Waals surface area contributed by atoms with E-state index in [4.69, 9.17) is 14.2 Å². The largest absolute Gasteiger partial charge is 0.496 e. The van der Waals surface area contributed by atoms with Gasteiger partial charge in [0.25, 0.3) is 11.8 Å². The van der Waals surface area contributed by atoms with Gasteiger partial charge in [0.2, 0.25) is 0 Å². The van der Waals surface area contributed by atoms with Crippen LogP contribution in [0.25, 0.3) is 0 Å². The molecule has 0 unspecified atom stereocenters. The van der Waals surface area contributed by atoms with Crippen LogP contribution < -0.4 is 14.9 Å². The summed E-state index contributed by atoms with van der Waals surface area (Å²) in [5, 5.41) is 1.05. The summed E-state index contributed by atoms with van der Waals surface area (Å²) < 4.78 is 16.2. The van der Waals surface area contributed by atoms with Crippen LogP contribution in [0.4, 0.5) is 0 Å². The number of carbonyl (C=O) groups excluding carboxylic acids is 2. The third kappa shape index (κ3) is 4.41. The predicted octanol–water partition coefficient (Wildman–Crippen LogP) is 3.46. The van der Waals surface area contributed by atoms with E-state index in [2.05, 4.69) is 5.43 Å². The van der Waals surface area contributed by atoms with Gasteiger partial charge in [0.1, 0.15) is 11.5 Å². The topological polar surface area (TPSA) is 77.1 Å². The third-order valence-corrected chi connectivity index (χ3v) is 4.45. The SMILES string of the molecule is COc1ccccc1C(=O)N(NC(C)(C)C)C(=O)c1ccc2c(c1C)OCOC2. The number of ether oxygens (including phenoxy) is 3. The van der Waals surface area contributed by atoms with Crippen LogP contribution in [-0.4, -0.2) is 36.3 Å². The Bertz CT molecular complexity index is 933. The van der Waals surface area contributed by atoms with Crippen molar-refractivity contribution in [1.29, 1.82) is 0 Å². The molecule has 7 heteroatoms. The molecule has 7 nitrogen and oxygen atoms in total. The van der Waals surface area contributed by atoms with Gasteiger partial charge < -0.3 is 14.2 Å². The summed E-state index contributed by atoms with van der Waals surface area (Å²) in [6.45, 7) is 8.00. The van der Waals surface area contributed by atoms with E-state index in [1.165, 1.54) is 7.11 Å². The Balaban J connectivity index is 2.03. The van der Waals surface area contributed by atoms with Crippen molar-refractivity contribution in [3.8, 4) is 11.5 Å². The molecular weight excluding hydrogens is 372 g/mol. The fourth-order valence-electron chi connectivity index (χ4n) is 3.14. The monoisotopic (exact) mass is 398 g/mol. The smallest absolute Gasteiger partial charge is 0.279 e. The Hall–Kier alpha value is -2.90. The van der Waals surface area contributed by atoms with E-state index in [1.54, 1.807) is 43.3 Å². The van der Waals surface area contributed by atoms with Crippen LogP contribution in [0.2, 0.25) is 0 Å². The number of imide groups is 1. The molecule has 0 aromatic heterocycles. The van der Waals surface area contributed by atoms with Gasteiger partial charge in [-0.25, -0.2) is 10.4 Å². The van der Waals surface area contributed by atoms with E-state index in [0.29, 0.717) is 34.8 Å². The third-order valence-electron chi connectivity index (χ3n) is 4.45. The lowest BCUT2D eigenvalue weighted by molar-refractivity contribution is -0.0169. The first kappa shape index (κ1) is 20.8. The van der Waals surface area contributed by atoms with E-state index >= 15 is 0 Å². The second-order valence-electron chi connectivity index (χ2n) is 7.84. The predicted molar refractivity (Wildman–Crippen MR) is 108 cm³/mol. The average Bonchev–Trinajstić information content (AvgIpc) is 2.71. The van der Waals surface area contributed by atoms with E-state index in [1.807, 2.05) is 20.8 Å². The van der Waals surface area contributed by atoms with Gasteiger partial charge in [0.05, 0.1) is 19.3 Å². The van der Waals surface area contributed by atoms with Crippen molar-refractivity contribution in [3.05, 3.63) is 58.7 Å². The Morgan fingerprint density at radius 3 is 2.45 bits per heavy atom. The number of methoxy groups -OCH3 is 1. The summed E-state index contributed by atoms with van der Waals surface area (Å²) >= 11 is 0. The van der Waals surface area contributed by atoms with Gasteiger partial charge >= 0.3 is 0 Å². The minimum Gasteiger partial charge on any atom is -0.496 e. The highest BCUT2D eigenvalue weighted by molar-refractivity contribution is 6.11. The fraction of sp³-hybridized carbons (Fsp3) is 0.364. The number of rotatable bonds is 4. The van der Waals surface area contributed by atoms with Crippen LogP contribution in [0.5, 0.6) is 11.5 Å². The maximum atomic E-state index is 13.5. The number of amides is 2. The number of hydrogen-bond acceptors (Lipinski definition) is 6. The average molecular weight is 398 g/mol. The molecule has 2 amide bonds. The van der Waals surface area contributed by atoms with Crippen molar-refractivity contribution in [2.24, 2.45) is 0 Å². The van der Waals surface area contributed by atoms with Gasteiger partial charge in [-0.15, -0.1) is 0 Å². The molecule has 0 radical (unpaired) electrons. The number of carbonyl (C=O) groups is 2. The van der Waals surface area contributed by atoms with Crippen LogP contribution in [-0.2, 0) is 11.3 Å². The number of benzene rings is 2. The molecule has 1 aliphatic heterocycles. The molecule has 0 atom stereocenters. The number of fused-ring (bicyclic) bond motifs is 1. The number of hydrazine groups is 1. The summed E-state index contributed by atoms with van der Waals surface area (Å²) in [6.07, 6.45) is 0. The van der Waals surface area contributed by atoms with Crippen LogP contribution in [0.1, 0.15) is 52.6 Å². The summed E-state index contributed by atoms with van der Waals surface area (Å²) in [5.74, 6) is 0.0613. The molecule has 0 spiro atoms. The highest BCUT2D eigenvalue weighted by Crippen LogP contribution is 2.31. The minimum absolute atomic E-state index is 0.135. The van der Waals surface area contributed by atoms with Crippen LogP contribution in [0, 0.1) is 6.92 Å². The summed E-state index contributed by atoms with van der Waals surface area (Å²) in [5.41, 5.74) is 4.71. The lowest BCUT2D eigenvalue weighted by Crippen LogP contribution is -2.55. The number of hydrogen-bond donors (Lipinski definition) is 1. The summed E-state index contributed by atoms with van der Waals surface area (Å²) in [4.78, 5) is 26.8. The van der Waals surface area contributed by atoms with E-state index < -0.39 is 17.4 Å². The molecular formula is C22H26N2O5. The molecule has 2 aromatic rings. The maximum absolute atomic E-state index is 13.5. The quantitative estimate of drug-likeness (QED) is 0.628. The second kappa shape index (κ2) is 8.23. The normalized spacial score (nSPS) is 13.3. The first-order chi connectivity index (χ1) is 13.7. The lowest BCUT2D eigenvalue weighted by atomic mass is 10.0. The van der Waals surface area contributed by atoms with Crippen molar-refractivity contribution in [2.45, 2.75) is 39.8 Å². The summed E-state index contributed by atoms with van der Waals surface area (Å²) in [7, 11) is 1.49. The standard InChI is InChI=1S/C22H26N2O5/c1-14-16(11-10-15-12-28-13-29-19(14)15)20(25)24(23-22(2,3)4)21(26)17-8-6-7-9-18(17)27-5/h6-11,23H,12-13H2,1-5H3. The van der Waals surface area contributed by atoms with E-state index in [0.717, 1.165) is 10.6 Å². The first-order valence-electron chi connectivity index (χ1n) is 9.35. The van der Waals surface area contributed by atoms with Crippen molar-refractivity contribution in [2.75, 3.05) is 13.9 Å². The molecule has 0 aliphatic carbocycles. The Morgan fingerprint density at radius 1 is 1.07 bits per heavy atom. The molecule has 2 aromatic carbocycles. The van der Waals surface area contributed by atoms with Gasteiger partial charge in [-0.2, -0.15) is 0 Å². The van der Waals surface area contributed by atoms with Gasteiger partial charge in [-0.1, -0.05) is 18.2 Å². The van der Waals surface area contributed by atoms with Gasteiger partial charge in [0.15, 0.2) is 6.79 Å². The molecule has 1 heterocycles. The maximum Gasteiger partial charge on any atom is 0.279 e. The number of nitrogens with one attached hydrogen (secondary N) is 1. The number of nitrogens with zero attached hydrogens (tertiary/aromatic N) is 1. The second-order valence-corrected chi connectivity index (χ2v) is 7.84. The van der Waals surface area contributed by atoms with Crippen molar-refractivity contribution in [3.63, 3.8) is 0 Å². The zero-order valence-electron chi connectivity index (χ0n) is 17.4. The summed E-state index contributed by atoms with van der Waals surface area (Å²) in [6, 6.07) is 10.3. The highest BCUT2D eigenvalue weighted by atomic mass is 16.7. The Morgan fingerprint density at radius 2 is 1.76 bits per heavy atom. The molecule has 154 valence electrons.